The van der Waals surface area contributed by atoms with Crippen LogP contribution >= 0.6 is 0 Å². The van der Waals surface area contributed by atoms with Gasteiger partial charge in [-0.3, -0.25) is 14.6 Å². The maximum absolute atomic E-state index is 13.8. The van der Waals surface area contributed by atoms with Crippen LogP contribution in [0.2, 0.25) is 0 Å². The lowest BCUT2D eigenvalue weighted by atomic mass is 9.90. The van der Waals surface area contributed by atoms with E-state index in [-0.39, 0.29) is 24.3 Å². The number of carbonyl (C=O) groups excluding carboxylic acids is 1. The number of aryl methyl sites for hydroxylation is 2. The highest BCUT2D eigenvalue weighted by atomic mass is 16.5. The second-order valence-electron chi connectivity index (χ2n) is 12.8. The predicted molar refractivity (Wildman–Crippen MR) is 187 cm³/mol. The number of rotatable bonds is 9. The summed E-state index contributed by atoms with van der Waals surface area (Å²) in [6, 6.07) is 13.8. The SMILES string of the molecule is Cc1cc(-c2nc(NC3CCC(N(C(=O)NCc4ccccc4)c4cnc(-c5cnn(C)c5)cn4)CC3)ncc2C#N)n(C2CCCCO2)n1. The molecular weight excluding hydrogens is 632 g/mol. The summed E-state index contributed by atoms with van der Waals surface area (Å²) >= 11 is 0. The summed E-state index contributed by atoms with van der Waals surface area (Å²) in [6.45, 7) is 3.01. The number of amides is 2. The molecule has 1 aromatic carbocycles. The highest BCUT2D eigenvalue weighted by Crippen LogP contribution is 2.32. The fourth-order valence-electron chi connectivity index (χ4n) is 6.68. The highest BCUT2D eigenvalue weighted by molar-refractivity contribution is 5.91. The van der Waals surface area contributed by atoms with Crippen molar-refractivity contribution in [3.63, 3.8) is 0 Å². The largest absolute Gasteiger partial charge is 0.356 e. The lowest BCUT2D eigenvalue weighted by molar-refractivity contribution is -0.0385. The molecule has 0 radical (unpaired) electrons. The zero-order valence-electron chi connectivity index (χ0n) is 28.2. The van der Waals surface area contributed by atoms with E-state index in [4.69, 9.17) is 14.8 Å². The number of hydrogen-bond acceptors (Lipinski definition) is 10. The van der Waals surface area contributed by atoms with Crippen molar-refractivity contribution in [1.29, 1.82) is 5.26 Å². The number of urea groups is 1. The van der Waals surface area contributed by atoms with E-state index in [9.17, 15) is 10.1 Å². The van der Waals surface area contributed by atoms with Crippen molar-refractivity contribution < 1.29 is 9.53 Å². The Kier molecular flexibility index (Phi) is 9.75. The van der Waals surface area contributed by atoms with Crippen molar-refractivity contribution in [1.82, 2.24) is 44.8 Å². The van der Waals surface area contributed by atoms with Crippen LogP contribution < -0.4 is 15.5 Å². The van der Waals surface area contributed by atoms with Crippen molar-refractivity contribution in [2.75, 3.05) is 16.8 Å². The average Bonchev–Trinajstić information content (AvgIpc) is 3.78. The Morgan fingerprint density at radius 1 is 1.04 bits per heavy atom. The van der Waals surface area contributed by atoms with E-state index >= 15 is 0 Å². The molecule has 2 N–H and O–H groups in total. The molecule has 4 aromatic heterocycles. The molecular formula is C36H40N12O2. The van der Waals surface area contributed by atoms with Gasteiger partial charge in [0.1, 0.15) is 11.8 Å². The first-order chi connectivity index (χ1) is 24.4. The predicted octanol–water partition coefficient (Wildman–Crippen LogP) is 5.55. The van der Waals surface area contributed by atoms with Crippen LogP contribution in [0.3, 0.4) is 0 Å². The zero-order valence-corrected chi connectivity index (χ0v) is 28.2. The first-order valence-corrected chi connectivity index (χ1v) is 17.1. The lowest BCUT2D eigenvalue weighted by Crippen LogP contribution is -2.49. The highest BCUT2D eigenvalue weighted by Gasteiger charge is 2.32. The summed E-state index contributed by atoms with van der Waals surface area (Å²) in [5, 5.41) is 25.5. The van der Waals surface area contributed by atoms with Gasteiger partial charge < -0.3 is 15.4 Å². The molecule has 14 heteroatoms. The number of benzene rings is 1. The minimum atomic E-state index is -0.220. The van der Waals surface area contributed by atoms with Gasteiger partial charge in [0.05, 0.1) is 47.4 Å². The van der Waals surface area contributed by atoms with Gasteiger partial charge >= 0.3 is 6.03 Å². The third-order valence-electron chi connectivity index (χ3n) is 9.22. The molecule has 7 rings (SSSR count). The Labute approximate surface area is 290 Å². The maximum atomic E-state index is 13.8. The van der Waals surface area contributed by atoms with Crippen molar-refractivity contribution in [3.8, 4) is 28.7 Å². The molecule has 1 atom stereocenters. The maximum Gasteiger partial charge on any atom is 0.323 e. The molecule has 256 valence electrons. The average molecular weight is 673 g/mol. The third kappa shape index (κ3) is 7.32. The molecule has 5 heterocycles. The van der Waals surface area contributed by atoms with Gasteiger partial charge in [-0.2, -0.15) is 15.5 Å². The number of nitrogens with one attached hydrogen (secondary N) is 2. The van der Waals surface area contributed by atoms with Crippen LogP contribution in [0.1, 0.15) is 68.0 Å². The number of hydrogen-bond donors (Lipinski definition) is 2. The molecule has 1 unspecified atom stereocenters. The second kappa shape index (κ2) is 14.8. The molecule has 1 aliphatic heterocycles. The monoisotopic (exact) mass is 672 g/mol. The van der Waals surface area contributed by atoms with Gasteiger partial charge in [-0.1, -0.05) is 30.3 Å². The number of nitrogens with zero attached hydrogens (tertiary/aromatic N) is 10. The van der Waals surface area contributed by atoms with Gasteiger partial charge in [0, 0.05) is 44.0 Å². The van der Waals surface area contributed by atoms with Crippen LogP contribution in [-0.4, -0.2) is 64.2 Å². The fourth-order valence-corrected chi connectivity index (χ4v) is 6.68. The summed E-state index contributed by atoms with van der Waals surface area (Å²) in [7, 11) is 1.85. The van der Waals surface area contributed by atoms with Crippen LogP contribution in [0.15, 0.2) is 67.4 Å². The van der Waals surface area contributed by atoms with E-state index in [2.05, 4.69) is 36.8 Å². The van der Waals surface area contributed by atoms with Crippen LogP contribution in [0.5, 0.6) is 0 Å². The summed E-state index contributed by atoms with van der Waals surface area (Å²) in [4.78, 5) is 34.2. The summed E-state index contributed by atoms with van der Waals surface area (Å²) in [5.41, 5.74) is 5.04. The molecule has 2 amide bonds. The second-order valence-corrected chi connectivity index (χ2v) is 12.8. The lowest BCUT2D eigenvalue weighted by Gasteiger charge is -2.36. The molecule has 1 saturated carbocycles. The van der Waals surface area contributed by atoms with Crippen LogP contribution in [0.4, 0.5) is 16.6 Å². The van der Waals surface area contributed by atoms with Gasteiger partial charge in [-0.05, 0) is 63.5 Å². The van der Waals surface area contributed by atoms with Crippen molar-refractivity contribution >= 4 is 17.8 Å². The van der Waals surface area contributed by atoms with Crippen LogP contribution in [0.25, 0.3) is 22.6 Å². The minimum absolute atomic E-state index is 0.0774. The van der Waals surface area contributed by atoms with E-state index in [1.165, 1.54) is 0 Å². The number of aromatic nitrogens is 8. The quantitative estimate of drug-likeness (QED) is 0.203. The van der Waals surface area contributed by atoms with Gasteiger partial charge in [0.2, 0.25) is 5.95 Å². The van der Waals surface area contributed by atoms with E-state index < -0.39 is 0 Å². The third-order valence-corrected chi connectivity index (χ3v) is 9.22. The van der Waals surface area contributed by atoms with E-state index in [1.807, 2.05) is 61.2 Å². The Hall–Kier alpha value is -5.68. The molecule has 50 heavy (non-hydrogen) atoms. The van der Waals surface area contributed by atoms with Crippen molar-refractivity contribution in [3.05, 3.63) is 84.2 Å². The summed E-state index contributed by atoms with van der Waals surface area (Å²) in [5.74, 6) is 0.945. The van der Waals surface area contributed by atoms with E-state index in [0.29, 0.717) is 41.9 Å². The van der Waals surface area contributed by atoms with Crippen molar-refractivity contribution in [2.45, 2.75) is 76.7 Å². The van der Waals surface area contributed by atoms with Crippen LogP contribution in [-0.2, 0) is 18.3 Å². The first-order valence-electron chi connectivity index (χ1n) is 17.1. The molecule has 1 saturated heterocycles. The molecule has 1 aliphatic carbocycles. The number of ether oxygens (including phenoxy) is 1. The Bertz CT molecular complexity index is 1950. The van der Waals surface area contributed by atoms with E-state index in [0.717, 1.165) is 67.5 Å². The molecule has 0 bridgehead atoms. The number of anilines is 2. The van der Waals surface area contributed by atoms with Crippen LogP contribution in [0, 0.1) is 18.3 Å². The van der Waals surface area contributed by atoms with Gasteiger partial charge in [-0.25, -0.2) is 24.4 Å². The smallest absolute Gasteiger partial charge is 0.323 e. The zero-order chi connectivity index (χ0) is 34.5. The molecule has 14 nitrogen and oxygen atoms in total. The molecule has 0 spiro atoms. The van der Waals surface area contributed by atoms with Gasteiger partial charge in [0.25, 0.3) is 0 Å². The summed E-state index contributed by atoms with van der Waals surface area (Å²) < 4.78 is 9.59. The molecule has 2 fully saturated rings. The number of carbonyl (C=O) groups is 1. The fraction of sp³-hybridized carbons (Fsp3) is 0.389. The normalized spacial score (nSPS) is 19.0. The Morgan fingerprint density at radius 3 is 2.58 bits per heavy atom. The molecule has 5 aromatic rings. The topological polar surface area (TPSA) is 165 Å². The first kappa shape index (κ1) is 32.8. The van der Waals surface area contributed by atoms with Gasteiger partial charge in [-0.15, -0.1) is 0 Å². The number of nitriles is 1. The molecule has 2 aliphatic rings. The summed E-state index contributed by atoms with van der Waals surface area (Å²) in [6.07, 6.45) is 14.3. The Morgan fingerprint density at radius 2 is 1.88 bits per heavy atom. The minimum Gasteiger partial charge on any atom is -0.356 e. The standard InChI is InChI=1S/C36H40N12O2/c1-24-16-31(48(45-24)33-10-6-7-15-50-33)34-26(17-37)19-40-35(44-34)43-28-11-13-29(14-12-28)47(36(49)41-18-25-8-4-3-5-9-25)32-22-38-30(21-39-32)27-20-42-46(2)23-27/h3-5,8-9,16,19-23,28-29,33H,6-7,10-15,18H2,1-2H3,(H,41,49)(H,40,43,44). The van der Waals surface area contributed by atoms with Crippen molar-refractivity contribution in [2.24, 2.45) is 7.05 Å². The van der Waals surface area contributed by atoms with E-state index in [1.54, 1.807) is 34.4 Å². The Balaban J connectivity index is 1.07. The van der Waals surface area contributed by atoms with Gasteiger partial charge in [0.15, 0.2) is 12.0 Å².